The van der Waals surface area contributed by atoms with Crippen LogP contribution in [0.4, 0.5) is 5.69 Å². The van der Waals surface area contributed by atoms with Crippen LogP contribution in [-0.4, -0.2) is 10.7 Å². The highest BCUT2D eigenvalue weighted by molar-refractivity contribution is 5.99. The summed E-state index contributed by atoms with van der Waals surface area (Å²) >= 11 is 0. The summed E-state index contributed by atoms with van der Waals surface area (Å²) in [6.45, 7) is 3.90. The van der Waals surface area contributed by atoms with Crippen molar-refractivity contribution in [2.75, 3.05) is 0 Å². The van der Waals surface area contributed by atoms with E-state index in [0.29, 0.717) is 23.3 Å². The molecule has 0 saturated heterocycles. The molecule has 0 amide bonds. The number of benzene rings is 1. The van der Waals surface area contributed by atoms with Crippen LogP contribution in [0, 0.1) is 27.4 Å². The van der Waals surface area contributed by atoms with Gasteiger partial charge in [0, 0.05) is 41.4 Å². The number of nitriles is 1. The van der Waals surface area contributed by atoms with Crippen LogP contribution in [0.1, 0.15) is 30.7 Å². The highest BCUT2D eigenvalue weighted by atomic mass is 16.6. The summed E-state index contributed by atoms with van der Waals surface area (Å²) in [5, 5.41) is 23.7. The van der Waals surface area contributed by atoms with Gasteiger partial charge in [0.15, 0.2) is 5.78 Å². The lowest BCUT2D eigenvalue weighted by molar-refractivity contribution is -0.384. The molecule has 2 atom stereocenters. The maximum atomic E-state index is 12.4. The van der Waals surface area contributed by atoms with E-state index in [1.54, 1.807) is 12.1 Å². The molecular weight excluding hydrogens is 294 g/mol. The first-order valence-corrected chi connectivity index (χ1v) is 7.39. The smallest absolute Gasteiger partial charge is 0.269 e. The van der Waals surface area contributed by atoms with Crippen LogP contribution >= 0.6 is 0 Å². The molecule has 2 unspecified atom stereocenters. The number of non-ortho nitro benzene ring substituents is 1. The van der Waals surface area contributed by atoms with Crippen LogP contribution in [0.3, 0.4) is 0 Å². The van der Waals surface area contributed by atoms with Gasteiger partial charge < -0.3 is 5.32 Å². The average molecular weight is 309 g/mol. The van der Waals surface area contributed by atoms with Crippen LogP contribution in [0.25, 0.3) is 0 Å². The fourth-order valence-electron chi connectivity index (χ4n) is 3.34. The summed E-state index contributed by atoms with van der Waals surface area (Å²) in [6.07, 6.45) is 1.93. The monoisotopic (exact) mass is 309 g/mol. The number of Topliss-reactive ketones (excluding diaryl/α,β-unsaturated/α-hetero) is 1. The zero-order valence-corrected chi connectivity index (χ0v) is 12.4. The normalized spacial score (nSPS) is 23.8. The van der Waals surface area contributed by atoms with E-state index < -0.39 is 16.8 Å². The second-order valence-corrected chi connectivity index (χ2v) is 5.76. The highest BCUT2D eigenvalue weighted by Crippen LogP contribution is 2.43. The molecule has 0 bridgehead atoms. The first-order valence-electron chi connectivity index (χ1n) is 7.39. The standard InChI is InChI=1S/C17H15N3O3/c1-10-13(9-18)16(11-4-2-5-12(8-11)20(22)23)17-14(19-10)6-3-7-15(17)21/h2,4-5,8,13,16,19H,1,3,6-7H2. The Labute approximate surface area is 133 Å². The first kappa shape index (κ1) is 15.0. The van der Waals surface area contributed by atoms with Crippen molar-refractivity contribution >= 4 is 11.5 Å². The Morgan fingerprint density at radius 3 is 2.87 bits per heavy atom. The van der Waals surface area contributed by atoms with E-state index in [2.05, 4.69) is 18.0 Å². The van der Waals surface area contributed by atoms with Gasteiger partial charge in [0.25, 0.3) is 5.69 Å². The number of nitrogens with one attached hydrogen (secondary N) is 1. The highest BCUT2D eigenvalue weighted by Gasteiger charge is 2.40. The third kappa shape index (κ3) is 2.50. The molecule has 6 nitrogen and oxygen atoms in total. The van der Waals surface area contributed by atoms with Gasteiger partial charge in [-0.3, -0.25) is 14.9 Å². The van der Waals surface area contributed by atoms with Crippen LogP contribution in [0.5, 0.6) is 0 Å². The van der Waals surface area contributed by atoms with E-state index in [0.717, 1.165) is 18.5 Å². The fraction of sp³-hybridized carbons (Fsp3) is 0.294. The van der Waals surface area contributed by atoms with E-state index in [-0.39, 0.29) is 11.5 Å². The van der Waals surface area contributed by atoms with Gasteiger partial charge in [-0.15, -0.1) is 0 Å². The molecule has 1 aromatic rings. The Bertz CT molecular complexity index is 789. The van der Waals surface area contributed by atoms with Gasteiger partial charge in [0.05, 0.1) is 16.9 Å². The number of nitro groups is 1. The van der Waals surface area contributed by atoms with Crippen molar-refractivity contribution in [3.63, 3.8) is 0 Å². The zero-order chi connectivity index (χ0) is 16.6. The minimum Gasteiger partial charge on any atom is -0.361 e. The van der Waals surface area contributed by atoms with E-state index in [4.69, 9.17) is 0 Å². The number of ketones is 1. The van der Waals surface area contributed by atoms with Crippen molar-refractivity contribution in [1.29, 1.82) is 5.26 Å². The summed E-state index contributed by atoms with van der Waals surface area (Å²) in [5.74, 6) is -1.13. The maximum Gasteiger partial charge on any atom is 0.269 e. The van der Waals surface area contributed by atoms with Gasteiger partial charge in [-0.1, -0.05) is 18.7 Å². The summed E-state index contributed by atoms with van der Waals surface area (Å²) < 4.78 is 0. The molecule has 3 rings (SSSR count). The third-order valence-electron chi connectivity index (χ3n) is 4.37. The SMILES string of the molecule is C=C1NC2=C(C(=O)CCC2)C(c2cccc([N+](=O)[O-])c2)C1C#N. The summed E-state index contributed by atoms with van der Waals surface area (Å²) in [6, 6.07) is 8.35. The molecule has 23 heavy (non-hydrogen) atoms. The summed E-state index contributed by atoms with van der Waals surface area (Å²) in [5.41, 5.74) is 2.48. The number of nitro benzene ring substituents is 1. The molecule has 0 fully saturated rings. The van der Waals surface area contributed by atoms with Gasteiger partial charge in [-0.2, -0.15) is 5.26 Å². The first-order chi connectivity index (χ1) is 11.0. The van der Waals surface area contributed by atoms with Gasteiger partial charge in [0.1, 0.15) is 0 Å². The van der Waals surface area contributed by atoms with Crippen LogP contribution in [-0.2, 0) is 4.79 Å². The predicted octanol–water partition coefficient (Wildman–Crippen LogP) is 2.94. The van der Waals surface area contributed by atoms with E-state index in [9.17, 15) is 20.2 Å². The summed E-state index contributed by atoms with van der Waals surface area (Å²) in [7, 11) is 0. The number of allylic oxidation sites excluding steroid dienone is 3. The number of hydrogen-bond acceptors (Lipinski definition) is 5. The average Bonchev–Trinajstić information content (AvgIpc) is 2.54. The van der Waals surface area contributed by atoms with Crippen molar-refractivity contribution in [2.45, 2.75) is 25.2 Å². The minimum absolute atomic E-state index is 0.00278. The molecule has 1 aromatic carbocycles. The van der Waals surface area contributed by atoms with Crippen LogP contribution < -0.4 is 5.32 Å². The lowest BCUT2D eigenvalue weighted by Crippen LogP contribution is -2.36. The fourth-order valence-corrected chi connectivity index (χ4v) is 3.34. The Hall–Kier alpha value is -2.94. The maximum absolute atomic E-state index is 12.4. The predicted molar refractivity (Wildman–Crippen MR) is 83.1 cm³/mol. The Kier molecular flexibility index (Phi) is 3.70. The quantitative estimate of drug-likeness (QED) is 0.669. The van der Waals surface area contributed by atoms with Gasteiger partial charge in [-0.25, -0.2) is 0 Å². The Morgan fingerprint density at radius 1 is 1.39 bits per heavy atom. The topological polar surface area (TPSA) is 96.0 Å². The second-order valence-electron chi connectivity index (χ2n) is 5.76. The van der Waals surface area contributed by atoms with Gasteiger partial charge in [-0.05, 0) is 18.4 Å². The van der Waals surface area contributed by atoms with E-state index >= 15 is 0 Å². The summed E-state index contributed by atoms with van der Waals surface area (Å²) in [4.78, 5) is 23.0. The number of rotatable bonds is 2. The molecule has 0 aromatic heterocycles. The molecule has 1 aliphatic carbocycles. The lowest BCUT2D eigenvalue weighted by atomic mass is 9.72. The third-order valence-corrected chi connectivity index (χ3v) is 4.37. The van der Waals surface area contributed by atoms with Crippen molar-refractivity contribution in [2.24, 2.45) is 5.92 Å². The van der Waals surface area contributed by atoms with Crippen molar-refractivity contribution < 1.29 is 9.72 Å². The number of nitrogens with zero attached hydrogens (tertiary/aromatic N) is 2. The van der Waals surface area contributed by atoms with Crippen LogP contribution in [0.2, 0.25) is 0 Å². The number of carbonyl (C=O) groups excluding carboxylic acids is 1. The largest absolute Gasteiger partial charge is 0.361 e. The molecule has 0 saturated carbocycles. The van der Waals surface area contributed by atoms with Gasteiger partial charge >= 0.3 is 0 Å². The van der Waals surface area contributed by atoms with Crippen molar-refractivity contribution in [3.8, 4) is 6.07 Å². The van der Waals surface area contributed by atoms with E-state index in [1.165, 1.54) is 12.1 Å². The molecule has 0 radical (unpaired) electrons. The van der Waals surface area contributed by atoms with Crippen molar-refractivity contribution in [3.05, 3.63) is 63.5 Å². The van der Waals surface area contributed by atoms with Crippen molar-refractivity contribution in [1.82, 2.24) is 5.32 Å². The molecule has 1 heterocycles. The molecule has 0 spiro atoms. The van der Waals surface area contributed by atoms with E-state index in [1.807, 2.05) is 0 Å². The zero-order valence-electron chi connectivity index (χ0n) is 12.4. The molecular formula is C17H15N3O3. The Balaban J connectivity index is 2.17. The Morgan fingerprint density at radius 2 is 2.17 bits per heavy atom. The number of hydrogen-bond donors (Lipinski definition) is 1. The molecule has 1 N–H and O–H groups in total. The minimum atomic E-state index is -0.627. The molecule has 2 aliphatic rings. The number of carbonyl (C=O) groups is 1. The molecule has 6 heteroatoms. The second kappa shape index (κ2) is 5.69. The molecule has 1 aliphatic heterocycles. The molecule has 116 valence electrons. The lowest BCUT2D eigenvalue weighted by Gasteiger charge is -2.36. The van der Waals surface area contributed by atoms with Gasteiger partial charge in [0.2, 0.25) is 0 Å². The van der Waals surface area contributed by atoms with Crippen LogP contribution in [0.15, 0.2) is 47.8 Å².